The van der Waals surface area contributed by atoms with Gasteiger partial charge in [-0.1, -0.05) is 15.9 Å². The molecule has 0 aromatic heterocycles. The molecule has 7 heteroatoms. The predicted octanol–water partition coefficient (Wildman–Crippen LogP) is 2.98. The zero-order valence-corrected chi connectivity index (χ0v) is 14.4. The van der Waals surface area contributed by atoms with Gasteiger partial charge in [0, 0.05) is 28.2 Å². The minimum Gasteiger partial charge on any atom is -0.381 e. The molecule has 0 spiro atoms. The lowest BCUT2D eigenvalue weighted by Crippen LogP contribution is -2.38. The topological polar surface area (TPSA) is 55.4 Å². The van der Waals surface area contributed by atoms with Crippen LogP contribution in [0.5, 0.6) is 0 Å². The van der Waals surface area contributed by atoms with Gasteiger partial charge in [0.15, 0.2) is 0 Å². The fourth-order valence-corrected chi connectivity index (χ4v) is 4.91. The predicted molar refractivity (Wildman–Crippen MR) is 80.7 cm³/mol. The van der Waals surface area contributed by atoms with Crippen molar-refractivity contribution in [3.05, 3.63) is 26.6 Å². The summed E-state index contributed by atoms with van der Waals surface area (Å²) in [6, 6.07) is 3.37. The first kappa shape index (κ1) is 15.4. The summed E-state index contributed by atoms with van der Waals surface area (Å²) in [7, 11) is -3.51. The molecule has 0 bridgehead atoms. The summed E-state index contributed by atoms with van der Waals surface area (Å²) < 4.78 is 34.1. The Hall–Kier alpha value is 0.0500. The Balaban J connectivity index is 2.26. The van der Waals surface area contributed by atoms with Crippen molar-refractivity contribution in [1.82, 2.24) is 4.72 Å². The molecule has 1 aromatic rings. The van der Waals surface area contributed by atoms with Crippen LogP contribution in [0.1, 0.15) is 18.4 Å². The van der Waals surface area contributed by atoms with Crippen molar-refractivity contribution in [3.63, 3.8) is 0 Å². The fourth-order valence-electron chi connectivity index (χ4n) is 1.93. The van der Waals surface area contributed by atoms with E-state index in [1.807, 2.05) is 6.92 Å². The van der Waals surface area contributed by atoms with E-state index in [-0.39, 0.29) is 10.9 Å². The van der Waals surface area contributed by atoms with Gasteiger partial charge in [-0.3, -0.25) is 0 Å². The van der Waals surface area contributed by atoms with Crippen LogP contribution in [0.4, 0.5) is 0 Å². The first-order valence-corrected chi connectivity index (χ1v) is 9.03. The monoisotopic (exact) mass is 411 g/mol. The summed E-state index contributed by atoms with van der Waals surface area (Å²) in [6.45, 7) is 3.12. The number of nitrogens with one attached hydrogen (secondary N) is 1. The molecule has 0 saturated carbocycles. The van der Waals surface area contributed by atoms with Crippen LogP contribution in [0.2, 0.25) is 0 Å². The number of benzene rings is 1. The second-order valence-corrected chi connectivity index (χ2v) is 7.93. The van der Waals surface area contributed by atoms with Crippen LogP contribution in [0.3, 0.4) is 0 Å². The van der Waals surface area contributed by atoms with Gasteiger partial charge in [-0.15, -0.1) is 0 Å². The van der Waals surface area contributed by atoms with Crippen LogP contribution in [0, 0.1) is 6.92 Å². The second-order valence-electron chi connectivity index (χ2n) is 4.54. The molecule has 0 atom stereocenters. The molecule has 1 aliphatic rings. The highest BCUT2D eigenvalue weighted by Gasteiger charge is 2.24. The molecule has 0 aliphatic carbocycles. The summed E-state index contributed by atoms with van der Waals surface area (Å²) in [5.74, 6) is 0. The van der Waals surface area contributed by atoms with Crippen molar-refractivity contribution in [2.45, 2.75) is 30.7 Å². The third-order valence-corrected chi connectivity index (χ3v) is 6.38. The normalized spacial score (nSPS) is 17.6. The first-order chi connectivity index (χ1) is 8.90. The fraction of sp³-hybridized carbons (Fsp3) is 0.500. The molecule has 2 rings (SSSR count). The largest absolute Gasteiger partial charge is 0.381 e. The van der Waals surface area contributed by atoms with Crippen LogP contribution in [-0.2, 0) is 14.8 Å². The Morgan fingerprint density at radius 1 is 1.21 bits per heavy atom. The maximum Gasteiger partial charge on any atom is 0.241 e. The van der Waals surface area contributed by atoms with Gasteiger partial charge in [-0.25, -0.2) is 13.1 Å². The summed E-state index contributed by atoms with van der Waals surface area (Å²) in [4.78, 5) is 0.261. The van der Waals surface area contributed by atoms with Gasteiger partial charge >= 0.3 is 0 Å². The number of halogens is 2. The van der Waals surface area contributed by atoms with Crippen molar-refractivity contribution in [2.24, 2.45) is 0 Å². The lowest BCUT2D eigenvalue weighted by Gasteiger charge is -2.23. The molecule has 0 radical (unpaired) electrons. The van der Waals surface area contributed by atoms with E-state index >= 15 is 0 Å². The van der Waals surface area contributed by atoms with E-state index in [0.29, 0.717) is 30.5 Å². The Morgan fingerprint density at radius 3 is 2.47 bits per heavy atom. The van der Waals surface area contributed by atoms with E-state index in [0.717, 1.165) is 10.0 Å². The summed E-state index contributed by atoms with van der Waals surface area (Å²) in [5.41, 5.74) is 0.983. The Labute approximate surface area is 130 Å². The SMILES string of the molecule is Cc1cc(Br)c(S(=O)(=O)NC2CCOCC2)cc1Br. The summed E-state index contributed by atoms with van der Waals surface area (Å²) >= 11 is 6.68. The van der Waals surface area contributed by atoms with Crippen LogP contribution in [0.15, 0.2) is 26.0 Å². The number of hydrogen-bond acceptors (Lipinski definition) is 3. The number of rotatable bonds is 3. The van der Waals surface area contributed by atoms with Crippen molar-refractivity contribution < 1.29 is 13.2 Å². The van der Waals surface area contributed by atoms with Crippen LogP contribution in [0.25, 0.3) is 0 Å². The van der Waals surface area contributed by atoms with E-state index < -0.39 is 10.0 Å². The molecule has 1 saturated heterocycles. The number of ether oxygens (including phenoxy) is 1. The smallest absolute Gasteiger partial charge is 0.241 e. The molecule has 0 unspecified atom stereocenters. The molecular formula is C12H15Br2NO3S. The van der Waals surface area contributed by atoms with Crippen molar-refractivity contribution in [1.29, 1.82) is 0 Å². The summed E-state index contributed by atoms with van der Waals surface area (Å²) in [5, 5.41) is 0. The van der Waals surface area contributed by atoms with E-state index in [2.05, 4.69) is 36.6 Å². The maximum atomic E-state index is 12.4. The Kier molecular flexibility index (Phi) is 5.05. The minimum atomic E-state index is -3.51. The maximum absolute atomic E-state index is 12.4. The molecule has 1 heterocycles. The molecule has 1 aromatic carbocycles. The highest BCUT2D eigenvalue weighted by atomic mass is 79.9. The van der Waals surface area contributed by atoms with Crippen molar-refractivity contribution >= 4 is 41.9 Å². The Bertz CT molecular complexity index is 569. The average Bonchev–Trinajstić information content (AvgIpc) is 2.34. The summed E-state index contributed by atoms with van der Waals surface area (Å²) in [6.07, 6.45) is 1.42. The van der Waals surface area contributed by atoms with Gasteiger partial charge in [-0.2, -0.15) is 0 Å². The van der Waals surface area contributed by atoms with Gasteiger partial charge in [-0.05, 0) is 53.4 Å². The van der Waals surface area contributed by atoms with Gasteiger partial charge in [0.2, 0.25) is 10.0 Å². The number of sulfonamides is 1. The quantitative estimate of drug-likeness (QED) is 0.830. The minimum absolute atomic E-state index is 0.0503. The van der Waals surface area contributed by atoms with Crippen LogP contribution in [-0.4, -0.2) is 27.7 Å². The van der Waals surface area contributed by atoms with Crippen molar-refractivity contribution in [3.8, 4) is 0 Å². The van der Waals surface area contributed by atoms with Gasteiger partial charge < -0.3 is 4.74 Å². The lowest BCUT2D eigenvalue weighted by molar-refractivity contribution is 0.0832. The molecule has 4 nitrogen and oxygen atoms in total. The molecule has 0 amide bonds. The van der Waals surface area contributed by atoms with Gasteiger partial charge in [0.25, 0.3) is 0 Å². The highest BCUT2D eigenvalue weighted by Crippen LogP contribution is 2.29. The van der Waals surface area contributed by atoms with Crippen LogP contribution < -0.4 is 4.72 Å². The Morgan fingerprint density at radius 2 is 1.84 bits per heavy atom. The van der Waals surface area contributed by atoms with E-state index in [4.69, 9.17) is 4.74 Å². The zero-order valence-electron chi connectivity index (χ0n) is 10.4. The number of aryl methyl sites for hydroxylation is 1. The first-order valence-electron chi connectivity index (χ1n) is 5.96. The molecule has 1 aliphatic heterocycles. The van der Waals surface area contributed by atoms with Crippen molar-refractivity contribution in [2.75, 3.05) is 13.2 Å². The third kappa shape index (κ3) is 3.78. The standard InChI is InChI=1S/C12H15Br2NO3S/c1-8-6-11(14)12(7-10(8)13)19(16,17)15-9-2-4-18-5-3-9/h6-7,9,15H,2-5H2,1H3. The lowest BCUT2D eigenvalue weighted by atomic mass is 10.1. The second kappa shape index (κ2) is 6.22. The van der Waals surface area contributed by atoms with Gasteiger partial charge in [0.1, 0.15) is 0 Å². The van der Waals surface area contributed by atoms with E-state index in [1.165, 1.54) is 0 Å². The third-order valence-electron chi connectivity index (χ3n) is 3.05. The average molecular weight is 413 g/mol. The van der Waals surface area contributed by atoms with E-state index in [9.17, 15) is 8.42 Å². The molecule has 1 fully saturated rings. The van der Waals surface area contributed by atoms with Crippen LogP contribution >= 0.6 is 31.9 Å². The van der Waals surface area contributed by atoms with E-state index in [1.54, 1.807) is 12.1 Å². The highest BCUT2D eigenvalue weighted by molar-refractivity contribution is 9.11. The van der Waals surface area contributed by atoms with Gasteiger partial charge in [0.05, 0.1) is 4.90 Å². The zero-order chi connectivity index (χ0) is 14.0. The molecule has 106 valence electrons. The number of hydrogen-bond donors (Lipinski definition) is 1. The molecule has 1 N–H and O–H groups in total. The molecule has 19 heavy (non-hydrogen) atoms. The molecular weight excluding hydrogens is 398 g/mol.